The van der Waals surface area contributed by atoms with Crippen molar-refractivity contribution in [1.82, 2.24) is 9.21 Å². The first-order chi connectivity index (χ1) is 13.7. The van der Waals surface area contributed by atoms with E-state index < -0.39 is 22.0 Å². The number of aryl methyl sites for hydroxylation is 1. The van der Waals surface area contributed by atoms with Crippen LogP contribution < -0.4 is 0 Å². The van der Waals surface area contributed by atoms with Crippen LogP contribution in [0, 0.1) is 6.92 Å². The van der Waals surface area contributed by atoms with Gasteiger partial charge >= 0.3 is 11.9 Å². The van der Waals surface area contributed by atoms with Crippen molar-refractivity contribution in [3.8, 4) is 0 Å². The zero-order valence-electron chi connectivity index (χ0n) is 16.8. The third kappa shape index (κ3) is 6.80. The van der Waals surface area contributed by atoms with Crippen molar-refractivity contribution in [2.75, 3.05) is 26.2 Å². The molecular weight excluding hydrogens is 396 g/mol. The Labute approximate surface area is 172 Å². The molecule has 2 heterocycles. The second kappa shape index (κ2) is 10.7. The van der Waals surface area contributed by atoms with Crippen molar-refractivity contribution in [3.05, 3.63) is 29.8 Å². The molecule has 1 aromatic carbocycles. The Bertz CT molecular complexity index is 766. The number of nitrogens with zero attached hydrogens (tertiary/aromatic N) is 2. The van der Waals surface area contributed by atoms with E-state index in [1.54, 1.807) is 16.4 Å². The van der Waals surface area contributed by atoms with Gasteiger partial charge < -0.3 is 15.1 Å². The minimum atomic E-state index is -3.33. The monoisotopic (exact) mass is 426 g/mol. The van der Waals surface area contributed by atoms with Gasteiger partial charge in [0.05, 0.1) is 4.90 Å². The summed E-state index contributed by atoms with van der Waals surface area (Å²) in [4.78, 5) is 21.2. The minimum Gasteiger partial charge on any atom is -0.473 e. The van der Waals surface area contributed by atoms with Crippen molar-refractivity contribution in [1.29, 1.82) is 0 Å². The van der Waals surface area contributed by atoms with E-state index in [0.29, 0.717) is 24.0 Å². The topological polar surface area (TPSA) is 115 Å². The summed E-state index contributed by atoms with van der Waals surface area (Å²) in [5.74, 6) is -3.65. The molecule has 0 aromatic heterocycles. The summed E-state index contributed by atoms with van der Waals surface area (Å²) in [7, 11) is -3.33. The molecule has 0 aliphatic carbocycles. The van der Waals surface area contributed by atoms with Gasteiger partial charge in [-0.05, 0) is 57.8 Å². The highest BCUT2D eigenvalue weighted by molar-refractivity contribution is 7.89. The number of carboxylic acids is 2. The van der Waals surface area contributed by atoms with E-state index >= 15 is 0 Å². The molecule has 0 bridgehead atoms. The van der Waals surface area contributed by atoms with Gasteiger partial charge in [0.15, 0.2) is 0 Å². The SMILES string of the molecule is Cc1ccc(S(=O)(=O)N2CCC(N3CCCCCC3)CC2)cc1.O=C(O)C(=O)O. The maximum absolute atomic E-state index is 12.7. The average Bonchev–Trinajstić information content (AvgIpc) is 2.98. The summed E-state index contributed by atoms with van der Waals surface area (Å²) in [5, 5.41) is 14.8. The van der Waals surface area contributed by atoms with E-state index in [-0.39, 0.29) is 0 Å². The Balaban J connectivity index is 0.000000438. The van der Waals surface area contributed by atoms with Crippen molar-refractivity contribution in [3.63, 3.8) is 0 Å². The molecule has 2 aliphatic heterocycles. The van der Waals surface area contributed by atoms with E-state index in [2.05, 4.69) is 4.90 Å². The van der Waals surface area contributed by atoms with Crippen LogP contribution in [0.5, 0.6) is 0 Å². The van der Waals surface area contributed by atoms with Crippen LogP contribution in [-0.2, 0) is 19.6 Å². The normalized spacial score (nSPS) is 19.6. The predicted octanol–water partition coefficient (Wildman–Crippen LogP) is 2.18. The van der Waals surface area contributed by atoms with Gasteiger partial charge in [-0.3, -0.25) is 0 Å². The van der Waals surface area contributed by atoms with Gasteiger partial charge in [-0.2, -0.15) is 4.31 Å². The number of aliphatic carboxylic acids is 2. The summed E-state index contributed by atoms with van der Waals surface area (Å²) >= 11 is 0. The van der Waals surface area contributed by atoms with Crippen LogP contribution in [-0.4, -0.2) is 72.0 Å². The van der Waals surface area contributed by atoms with Crippen molar-refractivity contribution in [2.45, 2.75) is 56.4 Å². The van der Waals surface area contributed by atoms with Crippen LogP contribution >= 0.6 is 0 Å². The Morgan fingerprint density at radius 2 is 1.34 bits per heavy atom. The molecule has 0 unspecified atom stereocenters. The number of piperidine rings is 1. The highest BCUT2D eigenvalue weighted by Crippen LogP contribution is 2.25. The summed E-state index contributed by atoms with van der Waals surface area (Å²) in [6.07, 6.45) is 7.20. The van der Waals surface area contributed by atoms with Crippen LogP contribution in [0.3, 0.4) is 0 Å². The van der Waals surface area contributed by atoms with E-state index in [1.807, 2.05) is 19.1 Å². The van der Waals surface area contributed by atoms with Gasteiger partial charge in [0.2, 0.25) is 10.0 Å². The van der Waals surface area contributed by atoms with Crippen molar-refractivity contribution < 1.29 is 28.2 Å². The molecule has 2 saturated heterocycles. The van der Waals surface area contributed by atoms with E-state index in [4.69, 9.17) is 19.8 Å². The predicted molar refractivity (Wildman–Crippen MR) is 108 cm³/mol. The van der Waals surface area contributed by atoms with Crippen LogP contribution in [0.4, 0.5) is 0 Å². The second-order valence-electron chi connectivity index (χ2n) is 7.51. The molecule has 0 saturated carbocycles. The number of likely N-dealkylation sites (tertiary alicyclic amines) is 1. The van der Waals surface area contributed by atoms with E-state index in [1.165, 1.54) is 38.8 Å². The number of sulfonamides is 1. The Kier molecular flexibility index (Phi) is 8.60. The van der Waals surface area contributed by atoms with E-state index in [9.17, 15) is 8.42 Å². The number of rotatable bonds is 3. The molecule has 0 radical (unpaired) electrons. The molecule has 9 heteroatoms. The smallest absolute Gasteiger partial charge is 0.414 e. The van der Waals surface area contributed by atoms with Crippen molar-refractivity contribution in [2.24, 2.45) is 0 Å². The summed E-state index contributed by atoms with van der Waals surface area (Å²) in [6, 6.07) is 7.77. The maximum atomic E-state index is 12.7. The molecule has 0 atom stereocenters. The molecule has 1 aromatic rings. The molecular formula is C20H30N2O6S. The molecule has 29 heavy (non-hydrogen) atoms. The molecule has 162 valence electrons. The summed E-state index contributed by atoms with van der Waals surface area (Å²) in [5.41, 5.74) is 1.09. The molecule has 2 fully saturated rings. The van der Waals surface area contributed by atoms with Crippen molar-refractivity contribution >= 4 is 22.0 Å². The number of carbonyl (C=O) groups is 2. The number of carboxylic acid groups (broad SMARTS) is 2. The third-order valence-electron chi connectivity index (χ3n) is 5.42. The van der Waals surface area contributed by atoms with Crippen LogP contribution in [0.15, 0.2) is 29.2 Å². The van der Waals surface area contributed by atoms with Gasteiger partial charge in [0.1, 0.15) is 0 Å². The van der Waals surface area contributed by atoms with Gasteiger partial charge in [0, 0.05) is 19.1 Å². The minimum absolute atomic E-state index is 0.427. The molecule has 3 rings (SSSR count). The fourth-order valence-corrected chi connectivity index (χ4v) is 5.24. The first-order valence-electron chi connectivity index (χ1n) is 9.99. The Morgan fingerprint density at radius 3 is 1.79 bits per heavy atom. The first-order valence-corrected chi connectivity index (χ1v) is 11.4. The lowest BCUT2D eigenvalue weighted by Crippen LogP contribution is -2.46. The fourth-order valence-electron chi connectivity index (χ4n) is 3.77. The zero-order chi connectivity index (χ0) is 21.4. The summed E-state index contributed by atoms with van der Waals surface area (Å²) in [6.45, 7) is 5.66. The van der Waals surface area contributed by atoms with Crippen LogP contribution in [0.1, 0.15) is 44.1 Å². The molecule has 2 N–H and O–H groups in total. The van der Waals surface area contributed by atoms with Gasteiger partial charge in [-0.1, -0.05) is 30.5 Å². The zero-order valence-corrected chi connectivity index (χ0v) is 17.6. The fraction of sp³-hybridized carbons (Fsp3) is 0.600. The number of hydrogen-bond donors (Lipinski definition) is 2. The van der Waals surface area contributed by atoms with Crippen LogP contribution in [0.25, 0.3) is 0 Å². The lowest BCUT2D eigenvalue weighted by Gasteiger charge is -2.37. The maximum Gasteiger partial charge on any atom is 0.414 e. The van der Waals surface area contributed by atoms with Crippen LogP contribution in [0.2, 0.25) is 0 Å². The molecule has 2 aliphatic rings. The number of benzene rings is 1. The lowest BCUT2D eigenvalue weighted by molar-refractivity contribution is -0.159. The molecule has 0 spiro atoms. The molecule has 8 nitrogen and oxygen atoms in total. The van der Waals surface area contributed by atoms with Gasteiger partial charge in [0.25, 0.3) is 0 Å². The van der Waals surface area contributed by atoms with Gasteiger partial charge in [-0.15, -0.1) is 0 Å². The largest absolute Gasteiger partial charge is 0.473 e. The van der Waals surface area contributed by atoms with Gasteiger partial charge in [-0.25, -0.2) is 18.0 Å². The van der Waals surface area contributed by atoms with E-state index in [0.717, 1.165) is 18.4 Å². The first kappa shape index (κ1) is 23.3. The highest BCUT2D eigenvalue weighted by atomic mass is 32.2. The Hall–Kier alpha value is -1.97. The third-order valence-corrected chi connectivity index (χ3v) is 7.34. The average molecular weight is 427 g/mol. The second-order valence-corrected chi connectivity index (χ2v) is 9.45. The standard InChI is InChI=1S/C18H28N2O2S.C2H2O4/c1-16-6-8-18(9-7-16)23(21,22)20-14-10-17(11-15-20)19-12-4-2-3-5-13-19;3-1(4)2(5)6/h6-9,17H,2-5,10-15H2,1H3;(H,3,4)(H,5,6). The Morgan fingerprint density at radius 1 is 0.862 bits per heavy atom. The summed E-state index contributed by atoms with van der Waals surface area (Å²) < 4.78 is 27.2. The quantitative estimate of drug-likeness (QED) is 0.712. The molecule has 0 amide bonds. The highest BCUT2D eigenvalue weighted by Gasteiger charge is 2.31. The number of hydrogen-bond acceptors (Lipinski definition) is 5. The lowest BCUT2D eigenvalue weighted by atomic mass is 10.0.